The number of allylic oxidation sites excluding steroid dienone is 4. The van der Waals surface area contributed by atoms with E-state index >= 15 is 0 Å². The first kappa shape index (κ1) is 19.4. The van der Waals surface area contributed by atoms with E-state index in [2.05, 4.69) is 0 Å². The summed E-state index contributed by atoms with van der Waals surface area (Å²) in [6, 6.07) is 0. The van der Waals surface area contributed by atoms with Crippen molar-refractivity contribution in [2.75, 3.05) is 0 Å². The molecular formula is C18H19FN2O5. The molecule has 1 aromatic rings. The quantitative estimate of drug-likeness (QED) is 0.821. The van der Waals surface area contributed by atoms with Gasteiger partial charge in [-0.3, -0.25) is 24.2 Å². The van der Waals surface area contributed by atoms with Crippen molar-refractivity contribution in [3.8, 4) is 0 Å². The smallest absolute Gasteiger partial charge is 0.289 e. The number of nitrogens with one attached hydrogen (secondary N) is 1. The summed E-state index contributed by atoms with van der Waals surface area (Å²) in [5, 5.41) is 0. The van der Waals surface area contributed by atoms with Crippen LogP contribution in [0.5, 0.6) is 0 Å². The largest absolute Gasteiger partial charge is 0.335 e. The molecule has 0 fully saturated rings. The zero-order chi connectivity index (χ0) is 20.0. The van der Waals surface area contributed by atoms with Gasteiger partial charge in [-0.15, -0.1) is 0 Å². The molecule has 0 bridgehead atoms. The SMILES string of the molecule is CC1=C(C)C(=O)C(C(C)(C)CC(=O)n2cc(F)c(=O)[nH]c2=O)=C(C)C1=O. The summed E-state index contributed by atoms with van der Waals surface area (Å²) >= 11 is 0. The maximum Gasteiger partial charge on any atom is 0.335 e. The van der Waals surface area contributed by atoms with Gasteiger partial charge in [0.25, 0.3) is 5.56 Å². The molecular weight excluding hydrogens is 343 g/mol. The van der Waals surface area contributed by atoms with Crippen molar-refractivity contribution in [1.29, 1.82) is 0 Å². The van der Waals surface area contributed by atoms with E-state index in [1.165, 1.54) is 6.92 Å². The van der Waals surface area contributed by atoms with Crippen LogP contribution >= 0.6 is 0 Å². The fourth-order valence-electron chi connectivity index (χ4n) is 3.09. The lowest BCUT2D eigenvalue weighted by atomic mass is 9.71. The molecule has 138 valence electrons. The lowest BCUT2D eigenvalue weighted by molar-refractivity contribution is -0.117. The Hall–Kier alpha value is -2.90. The molecule has 0 radical (unpaired) electrons. The Morgan fingerprint density at radius 1 is 1.04 bits per heavy atom. The number of nitrogens with zero attached hydrogens (tertiary/aromatic N) is 1. The van der Waals surface area contributed by atoms with Crippen molar-refractivity contribution < 1.29 is 18.8 Å². The maximum absolute atomic E-state index is 13.4. The van der Waals surface area contributed by atoms with Crippen LogP contribution in [0, 0.1) is 11.2 Å². The molecule has 0 aromatic carbocycles. The molecule has 26 heavy (non-hydrogen) atoms. The first-order chi connectivity index (χ1) is 11.9. The average molecular weight is 362 g/mol. The standard InChI is InChI=1S/C18H19FN2O5/c1-8-9(2)15(24)13(10(3)14(8)23)18(4,5)6-12(22)21-7-11(19)16(25)20-17(21)26/h7H,6H2,1-5H3,(H,20,25,26). The Balaban J connectivity index is 2.46. The Labute approximate surface area is 148 Å². The number of aromatic amines is 1. The molecule has 0 spiro atoms. The molecule has 0 amide bonds. The third-order valence-electron chi connectivity index (χ3n) is 4.62. The first-order valence-electron chi connectivity index (χ1n) is 7.91. The fourth-order valence-corrected chi connectivity index (χ4v) is 3.09. The summed E-state index contributed by atoms with van der Waals surface area (Å²) in [6.07, 6.45) is 0.181. The second kappa shape index (κ2) is 6.44. The summed E-state index contributed by atoms with van der Waals surface area (Å²) in [7, 11) is 0. The molecule has 1 heterocycles. The average Bonchev–Trinajstić information content (AvgIpc) is 2.53. The monoisotopic (exact) mass is 362 g/mol. The number of rotatable bonds is 3. The summed E-state index contributed by atoms with van der Waals surface area (Å²) in [6.45, 7) is 7.81. The van der Waals surface area contributed by atoms with Gasteiger partial charge in [-0.25, -0.2) is 9.36 Å². The topological polar surface area (TPSA) is 106 Å². The number of H-pyrrole nitrogens is 1. The minimum absolute atomic E-state index is 0.192. The highest BCUT2D eigenvalue weighted by Crippen LogP contribution is 2.38. The van der Waals surface area contributed by atoms with Crippen LogP contribution in [0.3, 0.4) is 0 Å². The van der Waals surface area contributed by atoms with Gasteiger partial charge in [0.1, 0.15) is 0 Å². The Morgan fingerprint density at radius 3 is 2.15 bits per heavy atom. The van der Waals surface area contributed by atoms with Crippen LogP contribution in [0.2, 0.25) is 0 Å². The number of carbonyl (C=O) groups excluding carboxylic acids is 3. The van der Waals surface area contributed by atoms with Gasteiger partial charge in [-0.05, 0) is 20.8 Å². The van der Waals surface area contributed by atoms with E-state index in [0.29, 0.717) is 21.9 Å². The molecule has 0 saturated carbocycles. The number of Topliss-reactive ketones (excluding diaryl/α,β-unsaturated/α-hetero) is 2. The molecule has 1 aromatic heterocycles. The van der Waals surface area contributed by atoms with Gasteiger partial charge in [0.15, 0.2) is 11.6 Å². The molecule has 0 aliphatic heterocycles. The van der Waals surface area contributed by atoms with Crippen molar-refractivity contribution in [3.05, 3.63) is 55.1 Å². The predicted molar refractivity (Wildman–Crippen MR) is 91.4 cm³/mol. The van der Waals surface area contributed by atoms with E-state index in [9.17, 15) is 28.4 Å². The summed E-state index contributed by atoms with van der Waals surface area (Å²) in [4.78, 5) is 62.0. The van der Waals surface area contributed by atoms with Gasteiger partial charge in [-0.2, -0.15) is 4.39 Å². The van der Waals surface area contributed by atoms with E-state index in [4.69, 9.17) is 0 Å². The van der Waals surface area contributed by atoms with Gasteiger partial charge < -0.3 is 0 Å². The first-order valence-corrected chi connectivity index (χ1v) is 7.91. The molecule has 8 heteroatoms. The molecule has 1 N–H and O–H groups in total. The Morgan fingerprint density at radius 2 is 1.58 bits per heavy atom. The van der Waals surface area contributed by atoms with Crippen LogP contribution in [0.15, 0.2) is 38.1 Å². The summed E-state index contributed by atoms with van der Waals surface area (Å²) < 4.78 is 13.9. The molecule has 0 unspecified atom stereocenters. The van der Waals surface area contributed by atoms with Crippen LogP contribution in [0.1, 0.15) is 45.8 Å². The number of carbonyl (C=O) groups is 3. The zero-order valence-corrected chi connectivity index (χ0v) is 15.2. The van der Waals surface area contributed by atoms with Crippen molar-refractivity contribution in [3.63, 3.8) is 0 Å². The molecule has 1 aliphatic rings. The van der Waals surface area contributed by atoms with Gasteiger partial charge >= 0.3 is 5.69 Å². The van der Waals surface area contributed by atoms with Crippen LogP contribution in [-0.4, -0.2) is 27.0 Å². The lowest BCUT2D eigenvalue weighted by Crippen LogP contribution is -2.38. The second-order valence-electron chi connectivity index (χ2n) is 6.97. The molecule has 2 rings (SSSR count). The highest BCUT2D eigenvalue weighted by molar-refractivity contribution is 6.25. The van der Waals surface area contributed by atoms with E-state index in [1.807, 2.05) is 0 Å². The number of ketones is 2. The molecule has 1 aliphatic carbocycles. The van der Waals surface area contributed by atoms with E-state index in [-0.39, 0.29) is 29.1 Å². The van der Waals surface area contributed by atoms with Crippen LogP contribution < -0.4 is 11.2 Å². The lowest BCUT2D eigenvalue weighted by Gasteiger charge is -2.31. The van der Waals surface area contributed by atoms with Gasteiger partial charge in [0.05, 0.1) is 6.20 Å². The van der Waals surface area contributed by atoms with Gasteiger partial charge in [0, 0.05) is 34.1 Å². The van der Waals surface area contributed by atoms with Crippen molar-refractivity contribution in [1.82, 2.24) is 9.55 Å². The predicted octanol–water partition coefficient (Wildman–Crippen LogP) is 1.54. The number of hydrogen-bond acceptors (Lipinski definition) is 5. The maximum atomic E-state index is 13.4. The highest BCUT2D eigenvalue weighted by atomic mass is 19.1. The van der Waals surface area contributed by atoms with Crippen LogP contribution in [0.4, 0.5) is 4.39 Å². The third-order valence-corrected chi connectivity index (χ3v) is 4.62. The van der Waals surface area contributed by atoms with E-state index < -0.39 is 28.4 Å². The van der Waals surface area contributed by atoms with Crippen molar-refractivity contribution in [2.45, 2.75) is 41.0 Å². The number of halogens is 1. The number of hydrogen-bond donors (Lipinski definition) is 1. The summed E-state index contributed by atoms with van der Waals surface area (Å²) in [5.74, 6) is -2.69. The fraction of sp³-hybridized carbons (Fsp3) is 0.389. The minimum atomic E-state index is -1.27. The van der Waals surface area contributed by atoms with E-state index in [0.717, 1.165) is 0 Å². The molecule has 0 atom stereocenters. The minimum Gasteiger partial charge on any atom is -0.289 e. The Kier molecular flexibility index (Phi) is 4.81. The van der Waals surface area contributed by atoms with Crippen molar-refractivity contribution in [2.24, 2.45) is 5.41 Å². The Bertz CT molecular complexity index is 1020. The van der Waals surface area contributed by atoms with Crippen LogP contribution in [0.25, 0.3) is 0 Å². The molecule has 0 saturated heterocycles. The number of aromatic nitrogens is 2. The third kappa shape index (κ3) is 3.14. The highest BCUT2D eigenvalue weighted by Gasteiger charge is 2.38. The van der Waals surface area contributed by atoms with Crippen molar-refractivity contribution >= 4 is 17.5 Å². The van der Waals surface area contributed by atoms with Gasteiger partial charge in [-0.1, -0.05) is 13.8 Å². The second-order valence-corrected chi connectivity index (χ2v) is 6.97. The van der Waals surface area contributed by atoms with Gasteiger partial charge in [0.2, 0.25) is 11.7 Å². The van der Waals surface area contributed by atoms with Crippen LogP contribution in [-0.2, 0) is 9.59 Å². The molecule has 7 nitrogen and oxygen atoms in total. The summed E-state index contributed by atoms with van der Waals surface area (Å²) in [5.41, 5.74) is -2.27. The zero-order valence-electron chi connectivity index (χ0n) is 15.2. The normalized spacial score (nSPS) is 15.8. The van der Waals surface area contributed by atoms with E-state index in [1.54, 1.807) is 32.7 Å².